The van der Waals surface area contributed by atoms with E-state index in [1.54, 1.807) is 18.3 Å². The molecule has 1 aromatic rings. The van der Waals surface area contributed by atoms with E-state index in [1.807, 2.05) is 0 Å². The summed E-state index contributed by atoms with van der Waals surface area (Å²) >= 11 is 0. The number of rotatable bonds is 5. The highest BCUT2D eigenvalue weighted by molar-refractivity contribution is 7.87. The molecule has 1 aromatic heterocycles. The zero-order valence-corrected chi connectivity index (χ0v) is 10.3. The van der Waals surface area contributed by atoms with Crippen LogP contribution in [0.4, 0.5) is 0 Å². The Labute approximate surface area is 95.4 Å². The second kappa shape index (κ2) is 5.24. The van der Waals surface area contributed by atoms with Gasteiger partial charge in [-0.15, -0.1) is 0 Å². The third kappa shape index (κ3) is 3.44. The number of ether oxygens (including phenoxy) is 1. The molecule has 7 heteroatoms. The lowest BCUT2D eigenvalue weighted by molar-refractivity contribution is 0.397. The molecule has 0 spiro atoms. The Balaban J connectivity index is 2.62. The van der Waals surface area contributed by atoms with Crippen LogP contribution in [-0.2, 0) is 16.8 Å². The van der Waals surface area contributed by atoms with Crippen molar-refractivity contribution in [2.24, 2.45) is 0 Å². The summed E-state index contributed by atoms with van der Waals surface area (Å²) in [6.07, 6.45) is 1.57. The average molecular weight is 245 g/mol. The maximum Gasteiger partial charge on any atom is 0.279 e. The summed E-state index contributed by atoms with van der Waals surface area (Å²) in [7, 11) is 1.07. The topological polar surface area (TPSA) is 71.5 Å². The number of nitrogens with one attached hydrogen (secondary N) is 1. The van der Waals surface area contributed by atoms with Gasteiger partial charge in [0.25, 0.3) is 10.2 Å². The van der Waals surface area contributed by atoms with E-state index in [1.165, 1.54) is 21.2 Å². The predicted octanol–water partition coefficient (Wildman–Crippen LogP) is -0.0138. The second-order valence-corrected chi connectivity index (χ2v) is 5.29. The monoisotopic (exact) mass is 245 g/mol. The fourth-order valence-electron chi connectivity index (χ4n) is 0.940. The van der Waals surface area contributed by atoms with Crippen molar-refractivity contribution in [2.75, 3.05) is 21.2 Å². The minimum atomic E-state index is -3.39. The molecular formula is C9H15N3O3S. The molecule has 1 N–H and O–H groups in total. The van der Waals surface area contributed by atoms with Gasteiger partial charge in [0.1, 0.15) is 0 Å². The van der Waals surface area contributed by atoms with Crippen LogP contribution in [0.5, 0.6) is 5.88 Å². The maximum absolute atomic E-state index is 11.4. The summed E-state index contributed by atoms with van der Waals surface area (Å²) in [5, 5.41) is 0. The zero-order chi connectivity index (χ0) is 12.2. The van der Waals surface area contributed by atoms with Crippen molar-refractivity contribution in [3.63, 3.8) is 0 Å². The van der Waals surface area contributed by atoms with Crippen LogP contribution < -0.4 is 9.46 Å². The molecule has 0 aromatic carbocycles. The third-order valence-corrected chi connectivity index (χ3v) is 3.42. The normalized spacial score (nSPS) is 11.8. The first-order valence-corrected chi connectivity index (χ1v) is 6.06. The van der Waals surface area contributed by atoms with E-state index in [4.69, 9.17) is 4.74 Å². The molecule has 1 heterocycles. The Bertz CT molecular complexity index is 428. The zero-order valence-electron chi connectivity index (χ0n) is 9.47. The molecule has 0 amide bonds. The van der Waals surface area contributed by atoms with E-state index in [9.17, 15) is 8.42 Å². The van der Waals surface area contributed by atoms with Gasteiger partial charge >= 0.3 is 0 Å². The highest BCUT2D eigenvalue weighted by Gasteiger charge is 2.11. The van der Waals surface area contributed by atoms with Crippen LogP contribution in [0.2, 0.25) is 0 Å². The molecule has 0 aliphatic rings. The minimum absolute atomic E-state index is 0.206. The Kier molecular flexibility index (Phi) is 4.22. The Morgan fingerprint density at radius 2 is 2.12 bits per heavy atom. The third-order valence-electron chi connectivity index (χ3n) is 1.95. The quantitative estimate of drug-likeness (QED) is 0.791. The average Bonchev–Trinajstić information content (AvgIpc) is 2.27. The maximum atomic E-state index is 11.4. The number of hydrogen-bond acceptors (Lipinski definition) is 4. The van der Waals surface area contributed by atoms with Crippen molar-refractivity contribution >= 4 is 10.2 Å². The molecule has 0 radical (unpaired) electrons. The molecule has 0 fully saturated rings. The molecule has 0 aliphatic carbocycles. The van der Waals surface area contributed by atoms with Gasteiger partial charge < -0.3 is 4.74 Å². The van der Waals surface area contributed by atoms with Gasteiger partial charge in [0.15, 0.2) is 0 Å². The van der Waals surface area contributed by atoms with E-state index in [-0.39, 0.29) is 6.54 Å². The van der Waals surface area contributed by atoms with Crippen LogP contribution in [0, 0.1) is 0 Å². The largest absolute Gasteiger partial charge is 0.481 e. The number of nitrogens with zero attached hydrogens (tertiary/aromatic N) is 2. The van der Waals surface area contributed by atoms with Crippen molar-refractivity contribution in [3.05, 3.63) is 23.9 Å². The van der Waals surface area contributed by atoms with Crippen LogP contribution in [-0.4, -0.2) is 38.9 Å². The summed E-state index contributed by atoms with van der Waals surface area (Å²) in [4.78, 5) is 3.97. The van der Waals surface area contributed by atoms with Crippen LogP contribution in [0.15, 0.2) is 18.3 Å². The predicted molar refractivity (Wildman–Crippen MR) is 60.2 cm³/mol. The van der Waals surface area contributed by atoms with Crippen molar-refractivity contribution in [1.82, 2.24) is 14.0 Å². The van der Waals surface area contributed by atoms with Gasteiger partial charge in [-0.05, 0) is 5.56 Å². The first kappa shape index (κ1) is 12.9. The van der Waals surface area contributed by atoms with Crippen molar-refractivity contribution in [2.45, 2.75) is 6.54 Å². The van der Waals surface area contributed by atoms with E-state index in [2.05, 4.69) is 9.71 Å². The fraction of sp³-hybridized carbons (Fsp3) is 0.444. The Morgan fingerprint density at radius 1 is 1.44 bits per heavy atom. The molecule has 0 unspecified atom stereocenters. The number of aromatic nitrogens is 1. The molecular weight excluding hydrogens is 230 g/mol. The highest BCUT2D eigenvalue weighted by atomic mass is 32.2. The molecule has 6 nitrogen and oxygen atoms in total. The van der Waals surface area contributed by atoms with Gasteiger partial charge in [0.2, 0.25) is 5.88 Å². The van der Waals surface area contributed by atoms with Crippen LogP contribution in [0.1, 0.15) is 5.56 Å². The number of pyridine rings is 1. The molecule has 1 rings (SSSR count). The highest BCUT2D eigenvalue weighted by Crippen LogP contribution is 2.06. The molecule has 0 saturated carbocycles. The van der Waals surface area contributed by atoms with Crippen LogP contribution in [0.25, 0.3) is 0 Å². The standard InChI is InChI=1S/C9H15N3O3S/c1-12(2)16(13,14)11-7-8-4-5-9(15-3)10-6-8/h4-6,11H,7H2,1-3H3. The van der Waals surface area contributed by atoms with Crippen molar-refractivity contribution in [3.8, 4) is 5.88 Å². The van der Waals surface area contributed by atoms with Gasteiger partial charge in [0.05, 0.1) is 7.11 Å². The Morgan fingerprint density at radius 3 is 2.56 bits per heavy atom. The minimum Gasteiger partial charge on any atom is -0.481 e. The lowest BCUT2D eigenvalue weighted by atomic mass is 10.3. The second-order valence-electron chi connectivity index (χ2n) is 3.32. The first-order valence-electron chi connectivity index (χ1n) is 4.62. The van der Waals surface area contributed by atoms with Crippen molar-refractivity contribution < 1.29 is 13.2 Å². The lowest BCUT2D eigenvalue weighted by Gasteiger charge is -2.12. The molecule has 0 saturated heterocycles. The molecule has 90 valence electrons. The van der Waals surface area contributed by atoms with Crippen LogP contribution >= 0.6 is 0 Å². The summed E-state index contributed by atoms with van der Waals surface area (Å²) in [6.45, 7) is 0.206. The van der Waals surface area contributed by atoms with Crippen molar-refractivity contribution in [1.29, 1.82) is 0 Å². The van der Waals surface area contributed by atoms with E-state index < -0.39 is 10.2 Å². The van der Waals surface area contributed by atoms with Gasteiger partial charge in [-0.3, -0.25) is 0 Å². The van der Waals surface area contributed by atoms with Gasteiger partial charge in [-0.2, -0.15) is 17.4 Å². The number of hydrogen-bond donors (Lipinski definition) is 1. The van der Waals surface area contributed by atoms with Gasteiger partial charge in [-0.25, -0.2) is 4.98 Å². The molecule has 0 bridgehead atoms. The molecule has 0 atom stereocenters. The lowest BCUT2D eigenvalue weighted by Crippen LogP contribution is -2.35. The van der Waals surface area contributed by atoms with E-state index in [0.717, 1.165) is 9.87 Å². The van der Waals surface area contributed by atoms with E-state index in [0.29, 0.717) is 5.88 Å². The molecule has 0 aliphatic heterocycles. The smallest absolute Gasteiger partial charge is 0.279 e. The van der Waals surface area contributed by atoms with Gasteiger partial charge in [0, 0.05) is 32.9 Å². The SMILES string of the molecule is COc1ccc(CNS(=O)(=O)N(C)C)cn1. The molecule has 16 heavy (non-hydrogen) atoms. The summed E-state index contributed by atoms with van der Waals surface area (Å²) in [5.74, 6) is 0.499. The first-order chi connectivity index (χ1) is 7.45. The summed E-state index contributed by atoms with van der Waals surface area (Å²) < 4.78 is 31.2. The summed E-state index contributed by atoms with van der Waals surface area (Å²) in [6, 6.07) is 3.43. The van der Waals surface area contributed by atoms with Gasteiger partial charge in [-0.1, -0.05) is 6.07 Å². The number of methoxy groups -OCH3 is 1. The fourth-order valence-corrected chi connectivity index (χ4v) is 1.55. The summed E-state index contributed by atoms with van der Waals surface area (Å²) in [5.41, 5.74) is 0.770. The van der Waals surface area contributed by atoms with Crippen LogP contribution in [0.3, 0.4) is 0 Å². The Hall–Kier alpha value is -1.18. The van der Waals surface area contributed by atoms with E-state index >= 15 is 0 Å².